The number of nitrogens with zero attached hydrogens (tertiary/aromatic N) is 4. The molecule has 0 aliphatic carbocycles. The SMILES string of the molecule is Cc1nc(C(F)(F)F)ccc1C(=O)N1CCN(C)CC1C(=O)N(C)C. The number of amides is 2. The van der Waals surface area contributed by atoms with E-state index in [0.29, 0.717) is 19.6 Å². The first-order valence-corrected chi connectivity index (χ1v) is 7.78. The molecule has 0 spiro atoms. The van der Waals surface area contributed by atoms with Crippen molar-refractivity contribution in [3.05, 3.63) is 29.1 Å². The van der Waals surface area contributed by atoms with Crippen molar-refractivity contribution < 1.29 is 22.8 Å². The lowest BCUT2D eigenvalue weighted by Gasteiger charge is -2.40. The minimum atomic E-state index is -4.57. The van der Waals surface area contributed by atoms with Gasteiger partial charge in [0.15, 0.2) is 0 Å². The molecule has 0 bridgehead atoms. The van der Waals surface area contributed by atoms with Crippen LogP contribution in [0.2, 0.25) is 0 Å². The number of carbonyl (C=O) groups is 2. The van der Waals surface area contributed by atoms with Crippen molar-refractivity contribution in [3.63, 3.8) is 0 Å². The predicted molar refractivity (Wildman–Crippen MR) is 85.0 cm³/mol. The van der Waals surface area contributed by atoms with Gasteiger partial charge in [-0.2, -0.15) is 13.2 Å². The second-order valence-electron chi connectivity index (χ2n) is 6.34. The molecule has 9 heteroatoms. The number of alkyl halides is 3. The average Bonchev–Trinajstić information content (AvgIpc) is 2.52. The third-order valence-electron chi connectivity index (χ3n) is 4.18. The second-order valence-corrected chi connectivity index (χ2v) is 6.34. The maximum absolute atomic E-state index is 12.8. The van der Waals surface area contributed by atoms with Crippen molar-refractivity contribution in [2.45, 2.75) is 19.1 Å². The minimum absolute atomic E-state index is 0.00481. The van der Waals surface area contributed by atoms with E-state index in [1.54, 1.807) is 14.1 Å². The van der Waals surface area contributed by atoms with Gasteiger partial charge >= 0.3 is 6.18 Å². The third-order valence-corrected chi connectivity index (χ3v) is 4.18. The molecule has 2 rings (SSSR count). The lowest BCUT2D eigenvalue weighted by molar-refractivity contribution is -0.141. The monoisotopic (exact) mass is 358 g/mol. The number of carbonyl (C=O) groups excluding carboxylic acids is 2. The molecule has 2 heterocycles. The smallest absolute Gasteiger partial charge is 0.347 e. The molecule has 1 atom stereocenters. The van der Waals surface area contributed by atoms with Gasteiger partial charge in [0, 0.05) is 33.7 Å². The lowest BCUT2D eigenvalue weighted by atomic mass is 10.1. The maximum atomic E-state index is 12.8. The van der Waals surface area contributed by atoms with Crippen LogP contribution in [0.5, 0.6) is 0 Å². The van der Waals surface area contributed by atoms with E-state index in [4.69, 9.17) is 0 Å². The largest absolute Gasteiger partial charge is 0.433 e. The Bertz CT molecular complexity index is 676. The molecule has 1 aromatic heterocycles. The van der Waals surface area contributed by atoms with Crippen molar-refractivity contribution in [1.82, 2.24) is 19.7 Å². The van der Waals surface area contributed by atoms with Crippen molar-refractivity contribution >= 4 is 11.8 Å². The molecule has 0 saturated carbocycles. The quantitative estimate of drug-likeness (QED) is 0.799. The summed E-state index contributed by atoms with van der Waals surface area (Å²) in [5.41, 5.74) is -0.968. The first-order chi connectivity index (χ1) is 11.5. The number of likely N-dealkylation sites (N-methyl/N-ethyl adjacent to an activating group) is 2. The summed E-state index contributed by atoms with van der Waals surface area (Å²) in [6.45, 7) is 2.63. The van der Waals surface area contributed by atoms with Crippen molar-refractivity contribution in [2.24, 2.45) is 0 Å². The van der Waals surface area contributed by atoms with E-state index < -0.39 is 23.8 Å². The first kappa shape index (κ1) is 19.2. The van der Waals surface area contributed by atoms with Gasteiger partial charge in [-0.05, 0) is 26.1 Å². The van der Waals surface area contributed by atoms with Crippen LogP contribution in [0.4, 0.5) is 13.2 Å². The average molecular weight is 358 g/mol. The van der Waals surface area contributed by atoms with Gasteiger partial charge in [-0.15, -0.1) is 0 Å². The summed E-state index contributed by atoms with van der Waals surface area (Å²) >= 11 is 0. The molecular weight excluding hydrogens is 337 g/mol. The van der Waals surface area contributed by atoms with Crippen molar-refractivity contribution in [2.75, 3.05) is 40.8 Å². The van der Waals surface area contributed by atoms with Crippen LogP contribution in [0.15, 0.2) is 12.1 Å². The number of piperazine rings is 1. The standard InChI is InChI=1S/C16H21F3N4O2/c1-10-11(5-6-13(20-10)16(17,18)19)14(24)23-8-7-22(4)9-12(23)15(25)21(2)3/h5-6,12H,7-9H2,1-4H3. The fraction of sp³-hybridized carbons (Fsp3) is 0.562. The molecule has 1 fully saturated rings. The van der Waals surface area contributed by atoms with Crippen LogP contribution in [-0.4, -0.2) is 78.3 Å². The molecule has 1 aliphatic rings. The molecule has 25 heavy (non-hydrogen) atoms. The molecule has 1 aromatic rings. The number of pyridine rings is 1. The summed E-state index contributed by atoms with van der Waals surface area (Å²) in [5.74, 6) is -0.704. The molecule has 0 radical (unpaired) electrons. The zero-order chi connectivity index (χ0) is 18.9. The molecule has 1 aliphatic heterocycles. The Kier molecular flexibility index (Phi) is 5.36. The second kappa shape index (κ2) is 6.99. The predicted octanol–water partition coefficient (Wildman–Crippen LogP) is 1.25. The summed E-state index contributed by atoms with van der Waals surface area (Å²) in [4.78, 5) is 33.5. The highest BCUT2D eigenvalue weighted by atomic mass is 19.4. The van der Waals surface area contributed by atoms with Crippen LogP contribution in [0, 0.1) is 6.92 Å². The zero-order valence-electron chi connectivity index (χ0n) is 14.6. The van der Waals surface area contributed by atoms with Crippen LogP contribution in [-0.2, 0) is 11.0 Å². The zero-order valence-corrected chi connectivity index (χ0v) is 14.6. The molecule has 6 nitrogen and oxygen atoms in total. The molecule has 2 amide bonds. The Morgan fingerprint density at radius 3 is 2.40 bits per heavy atom. The fourth-order valence-corrected chi connectivity index (χ4v) is 2.77. The van der Waals surface area contributed by atoms with Gasteiger partial charge in [0.2, 0.25) is 5.91 Å². The van der Waals surface area contributed by atoms with Crippen LogP contribution >= 0.6 is 0 Å². The van der Waals surface area contributed by atoms with E-state index in [1.807, 2.05) is 11.9 Å². The van der Waals surface area contributed by atoms with Gasteiger partial charge in [0.25, 0.3) is 5.91 Å². The number of hydrogen-bond donors (Lipinski definition) is 0. The summed E-state index contributed by atoms with van der Waals surface area (Å²) < 4.78 is 38.2. The molecule has 138 valence electrons. The number of rotatable bonds is 2. The van der Waals surface area contributed by atoms with E-state index in [0.717, 1.165) is 12.1 Å². The Morgan fingerprint density at radius 1 is 1.24 bits per heavy atom. The van der Waals surface area contributed by atoms with Gasteiger partial charge in [-0.25, -0.2) is 4.98 Å². The first-order valence-electron chi connectivity index (χ1n) is 7.78. The molecule has 1 unspecified atom stereocenters. The van der Waals surface area contributed by atoms with E-state index >= 15 is 0 Å². The Hall–Kier alpha value is -2.16. The number of halogens is 3. The van der Waals surface area contributed by atoms with Gasteiger partial charge in [-0.1, -0.05) is 0 Å². The van der Waals surface area contributed by atoms with E-state index in [1.165, 1.54) is 16.7 Å². The maximum Gasteiger partial charge on any atom is 0.433 e. The number of hydrogen-bond acceptors (Lipinski definition) is 4. The van der Waals surface area contributed by atoms with E-state index in [-0.39, 0.29) is 17.2 Å². The van der Waals surface area contributed by atoms with Gasteiger partial charge < -0.3 is 14.7 Å². The number of aromatic nitrogens is 1. The minimum Gasteiger partial charge on any atom is -0.347 e. The lowest BCUT2D eigenvalue weighted by Crippen LogP contribution is -2.59. The fourth-order valence-electron chi connectivity index (χ4n) is 2.77. The Labute approximate surface area is 144 Å². The summed E-state index contributed by atoms with van der Waals surface area (Å²) in [5, 5.41) is 0. The molecule has 0 aromatic carbocycles. The third kappa shape index (κ3) is 4.09. The summed E-state index contributed by atoms with van der Waals surface area (Å²) in [6.07, 6.45) is -4.57. The van der Waals surface area contributed by atoms with Crippen LogP contribution < -0.4 is 0 Å². The topological polar surface area (TPSA) is 56.8 Å². The highest BCUT2D eigenvalue weighted by molar-refractivity contribution is 5.98. The van der Waals surface area contributed by atoms with Gasteiger partial charge in [0.05, 0.1) is 11.3 Å². The van der Waals surface area contributed by atoms with Crippen LogP contribution in [0.25, 0.3) is 0 Å². The summed E-state index contributed by atoms with van der Waals surface area (Å²) in [6, 6.07) is 1.24. The van der Waals surface area contributed by atoms with Crippen LogP contribution in [0.3, 0.4) is 0 Å². The van der Waals surface area contributed by atoms with Crippen LogP contribution in [0.1, 0.15) is 21.7 Å². The Balaban J connectivity index is 2.33. The molecule has 0 N–H and O–H groups in total. The molecular formula is C16H21F3N4O2. The van der Waals surface area contributed by atoms with E-state index in [2.05, 4.69) is 4.98 Å². The van der Waals surface area contributed by atoms with Crippen molar-refractivity contribution in [3.8, 4) is 0 Å². The normalized spacial score (nSPS) is 19.0. The van der Waals surface area contributed by atoms with Gasteiger partial charge in [0.1, 0.15) is 11.7 Å². The summed E-state index contributed by atoms with van der Waals surface area (Å²) in [7, 11) is 5.05. The Morgan fingerprint density at radius 2 is 1.88 bits per heavy atom. The van der Waals surface area contributed by atoms with Crippen molar-refractivity contribution in [1.29, 1.82) is 0 Å². The highest BCUT2D eigenvalue weighted by Gasteiger charge is 2.37. The molecule has 1 saturated heterocycles. The van der Waals surface area contributed by atoms with E-state index in [9.17, 15) is 22.8 Å². The highest BCUT2D eigenvalue weighted by Crippen LogP contribution is 2.28. The number of aryl methyl sites for hydroxylation is 1. The van der Waals surface area contributed by atoms with Gasteiger partial charge in [-0.3, -0.25) is 9.59 Å².